The van der Waals surface area contributed by atoms with Gasteiger partial charge in [0.1, 0.15) is 17.3 Å². The number of fused-ring (bicyclic) bond motifs is 4. The van der Waals surface area contributed by atoms with Gasteiger partial charge in [0.2, 0.25) is 13.6 Å². The van der Waals surface area contributed by atoms with E-state index in [1.807, 2.05) is 62.4 Å². The smallest absolute Gasteiger partial charge is 0.231 e. The van der Waals surface area contributed by atoms with Crippen LogP contribution >= 0.6 is 35.4 Å². The van der Waals surface area contributed by atoms with E-state index >= 15 is 0 Å². The molecule has 0 bridgehead atoms. The zero-order chi connectivity index (χ0) is 33.4. The lowest BCUT2D eigenvalue weighted by molar-refractivity contribution is -0.119. The van der Waals surface area contributed by atoms with Gasteiger partial charge < -0.3 is 28.4 Å². The second-order valence-electron chi connectivity index (χ2n) is 12.0. The zero-order valence-corrected chi connectivity index (χ0v) is 28.9. The number of Topliss-reactive ketones (excluding diaryl/α,β-unsaturated/α-hetero) is 1. The molecular formula is C38H34Cl2O7S. The van der Waals surface area contributed by atoms with Crippen LogP contribution in [0, 0.1) is 0 Å². The van der Waals surface area contributed by atoms with Crippen molar-refractivity contribution in [2.75, 3.05) is 26.8 Å². The molecule has 8 rings (SSSR count). The summed E-state index contributed by atoms with van der Waals surface area (Å²) >= 11 is 17.9. The number of halogens is 2. The van der Waals surface area contributed by atoms with Crippen LogP contribution in [0.5, 0.6) is 34.5 Å². The summed E-state index contributed by atoms with van der Waals surface area (Å²) < 4.78 is 33.6. The summed E-state index contributed by atoms with van der Waals surface area (Å²) in [5.41, 5.74) is 6.63. The van der Waals surface area contributed by atoms with Crippen LogP contribution in [0.15, 0.2) is 60.7 Å². The van der Waals surface area contributed by atoms with Crippen molar-refractivity contribution < 1.29 is 33.2 Å². The molecule has 0 radical (unpaired) electrons. The molecule has 4 aromatic rings. The van der Waals surface area contributed by atoms with Gasteiger partial charge in [-0.1, -0.05) is 47.6 Å². The SMILES string of the molecule is CCOc1cc(Cl)ccc1C1CC(=O)Cc2cc3c(cc21)OCO3.CCOc1cc(Cl)ccc1C1CC(=S)Cc2cc3c(cc21)OCO3. The highest BCUT2D eigenvalue weighted by Gasteiger charge is 2.32. The molecule has 4 aromatic carbocycles. The van der Waals surface area contributed by atoms with Crippen LogP contribution in [0.25, 0.3) is 0 Å². The van der Waals surface area contributed by atoms with E-state index in [4.69, 9.17) is 63.8 Å². The molecule has 7 nitrogen and oxygen atoms in total. The van der Waals surface area contributed by atoms with Crippen LogP contribution in [0.1, 0.15) is 71.9 Å². The van der Waals surface area contributed by atoms with E-state index < -0.39 is 0 Å². The minimum Gasteiger partial charge on any atom is -0.494 e. The highest BCUT2D eigenvalue weighted by atomic mass is 35.5. The lowest BCUT2D eigenvalue weighted by atomic mass is 9.78. The minimum absolute atomic E-state index is 0.0606. The summed E-state index contributed by atoms with van der Waals surface area (Å²) in [5, 5.41) is 1.29. The number of carbonyl (C=O) groups is 1. The van der Waals surface area contributed by atoms with Gasteiger partial charge in [0.25, 0.3) is 0 Å². The summed E-state index contributed by atoms with van der Waals surface area (Å²) in [7, 11) is 0. The first-order valence-corrected chi connectivity index (χ1v) is 17.2. The standard InChI is InChI=1S/C19H17ClO4.C19H17ClO3S/c1-2-22-17-7-12(20)3-4-14(17)16-8-13(21)5-11-6-18-19(9-15(11)16)24-10-23-18;1-2-21-17-7-12(20)3-4-14(17)16-8-13(24)5-11-6-18-19(9-15(11)16)23-10-22-18/h2*3-4,6-7,9,16H,2,5,8,10H2,1H3. The van der Waals surface area contributed by atoms with Crippen LogP contribution in [0.2, 0.25) is 10.0 Å². The summed E-state index contributed by atoms with van der Waals surface area (Å²) in [6.07, 6.45) is 2.51. The van der Waals surface area contributed by atoms with Gasteiger partial charge in [-0.3, -0.25) is 4.79 Å². The highest BCUT2D eigenvalue weighted by Crippen LogP contribution is 2.47. The Morgan fingerprint density at radius 1 is 0.646 bits per heavy atom. The maximum absolute atomic E-state index is 12.3. The van der Waals surface area contributed by atoms with Gasteiger partial charge in [-0.15, -0.1) is 0 Å². The molecule has 0 spiro atoms. The quantitative estimate of drug-likeness (QED) is 0.184. The minimum atomic E-state index is -0.0606. The molecule has 2 aliphatic heterocycles. The van der Waals surface area contributed by atoms with Crippen molar-refractivity contribution in [1.29, 1.82) is 0 Å². The average Bonchev–Trinajstić information content (AvgIpc) is 3.72. The van der Waals surface area contributed by atoms with E-state index in [0.717, 1.165) is 68.7 Å². The molecule has 0 aromatic heterocycles. The Kier molecular flexibility index (Phi) is 9.40. The van der Waals surface area contributed by atoms with Gasteiger partial charge in [-0.05, 0) is 95.9 Å². The molecule has 248 valence electrons. The third kappa shape index (κ3) is 6.53. The van der Waals surface area contributed by atoms with Crippen LogP contribution in [-0.4, -0.2) is 37.4 Å². The van der Waals surface area contributed by atoms with Gasteiger partial charge in [0.15, 0.2) is 23.0 Å². The van der Waals surface area contributed by atoms with Crippen LogP contribution in [0.3, 0.4) is 0 Å². The van der Waals surface area contributed by atoms with E-state index in [1.54, 1.807) is 0 Å². The molecule has 2 aliphatic carbocycles. The Morgan fingerprint density at radius 2 is 1.10 bits per heavy atom. The summed E-state index contributed by atoms with van der Waals surface area (Å²) in [5.74, 6) is 4.91. The van der Waals surface area contributed by atoms with Crippen molar-refractivity contribution in [1.82, 2.24) is 0 Å². The van der Waals surface area contributed by atoms with Gasteiger partial charge >= 0.3 is 0 Å². The van der Waals surface area contributed by atoms with E-state index in [9.17, 15) is 4.79 Å². The predicted molar refractivity (Wildman–Crippen MR) is 188 cm³/mol. The Morgan fingerprint density at radius 3 is 1.60 bits per heavy atom. The maximum Gasteiger partial charge on any atom is 0.231 e. The van der Waals surface area contributed by atoms with Gasteiger partial charge in [0, 0.05) is 52.3 Å². The Labute approximate surface area is 295 Å². The molecule has 0 fully saturated rings. The monoisotopic (exact) mass is 704 g/mol. The number of hydrogen-bond acceptors (Lipinski definition) is 8. The molecule has 2 heterocycles. The van der Waals surface area contributed by atoms with Crippen molar-refractivity contribution in [2.45, 2.75) is 51.4 Å². The third-order valence-electron chi connectivity index (χ3n) is 8.96. The third-order valence-corrected chi connectivity index (χ3v) is 9.74. The van der Waals surface area contributed by atoms with Crippen molar-refractivity contribution in [3.8, 4) is 34.5 Å². The summed E-state index contributed by atoms with van der Waals surface area (Å²) in [4.78, 5) is 13.4. The lowest BCUT2D eigenvalue weighted by Crippen LogP contribution is -2.20. The fraction of sp³-hybridized carbons (Fsp3) is 0.316. The highest BCUT2D eigenvalue weighted by molar-refractivity contribution is 7.80. The fourth-order valence-electron chi connectivity index (χ4n) is 6.91. The number of ketones is 1. The topological polar surface area (TPSA) is 72.5 Å². The first-order chi connectivity index (χ1) is 23.3. The molecule has 0 N–H and O–H groups in total. The number of benzene rings is 4. The molecule has 0 amide bonds. The molecule has 0 saturated heterocycles. The van der Waals surface area contributed by atoms with Crippen molar-refractivity contribution in [3.63, 3.8) is 0 Å². The predicted octanol–water partition coefficient (Wildman–Crippen LogP) is 9.03. The number of carbonyl (C=O) groups excluding carboxylic acids is 1. The average molecular weight is 706 g/mol. The van der Waals surface area contributed by atoms with E-state index in [2.05, 4.69) is 12.1 Å². The van der Waals surface area contributed by atoms with Gasteiger partial charge in [0.05, 0.1) is 13.2 Å². The fourth-order valence-corrected chi connectivity index (χ4v) is 7.55. The largest absolute Gasteiger partial charge is 0.494 e. The molecule has 48 heavy (non-hydrogen) atoms. The summed E-state index contributed by atoms with van der Waals surface area (Å²) in [6.45, 7) is 5.55. The molecule has 10 heteroatoms. The molecule has 2 unspecified atom stereocenters. The first kappa shape index (κ1) is 32.6. The van der Waals surface area contributed by atoms with Crippen molar-refractivity contribution in [3.05, 3.63) is 104 Å². The zero-order valence-electron chi connectivity index (χ0n) is 26.6. The van der Waals surface area contributed by atoms with Crippen molar-refractivity contribution in [2.24, 2.45) is 0 Å². The normalized spacial score (nSPS) is 18.4. The lowest BCUT2D eigenvalue weighted by Gasteiger charge is -2.28. The second kappa shape index (κ2) is 13.9. The second-order valence-corrected chi connectivity index (χ2v) is 13.4. The Bertz CT molecular complexity index is 1770. The maximum atomic E-state index is 12.3. The molecular weight excluding hydrogens is 671 g/mol. The number of ether oxygens (including phenoxy) is 6. The molecule has 4 aliphatic rings. The summed E-state index contributed by atoms with van der Waals surface area (Å²) in [6, 6.07) is 19.5. The molecule has 2 atom stereocenters. The number of hydrogen-bond donors (Lipinski definition) is 0. The van der Waals surface area contributed by atoms with Crippen LogP contribution in [-0.2, 0) is 17.6 Å². The molecule has 0 saturated carbocycles. The number of thiocarbonyl (C=S) groups is 1. The van der Waals surface area contributed by atoms with E-state index in [1.165, 1.54) is 11.1 Å². The van der Waals surface area contributed by atoms with Crippen LogP contribution in [0.4, 0.5) is 0 Å². The van der Waals surface area contributed by atoms with Gasteiger partial charge in [-0.2, -0.15) is 0 Å². The Balaban J connectivity index is 0.000000152. The van der Waals surface area contributed by atoms with Gasteiger partial charge in [-0.25, -0.2) is 0 Å². The Hall–Kier alpha value is -3.98. The van der Waals surface area contributed by atoms with Crippen LogP contribution < -0.4 is 28.4 Å². The van der Waals surface area contributed by atoms with E-state index in [-0.39, 0.29) is 31.2 Å². The first-order valence-electron chi connectivity index (χ1n) is 16.0. The van der Waals surface area contributed by atoms with Crippen molar-refractivity contribution >= 4 is 46.1 Å². The number of rotatable bonds is 6. The van der Waals surface area contributed by atoms with E-state index in [0.29, 0.717) is 41.9 Å².